The molecule has 8 nitrogen and oxygen atoms in total. The van der Waals surface area contributed by atoms with Gasteiger partial charge in [-0.2, -0.15) is 4.98 Å². The monoisotopic (exact) mass is 448 g/mol. The van der Waals surface area contributed by atoms with Gasteiger partial charge in [-0.25, -0.2) is 18.4 Å². The van der Waals surface area contributed by atoms with E-state index in [9.17, 15) is 8.42 Å². The molecule has 0 atom stereocenters. The fraction of sp³-hybridized carbons (Fsp3) is 0.133. The van der Waals surface area contributed by atoms with E-state index >= 15 is 0 Å². The highest BCUT2D eigenvalue weighted by molar-refractivity contribution is 7.92. The normalized spacial score (nSPS) is 11.4. The second-order valence-electron chi connectivity index (χ2n) is 5.15. The number of oxazole rings is 1. The fourth-order valence-electron chi connectivity index (χ4n) is 2.01. The number of aromatic nitrogens is 3. The molecule has 0 fully saturated rings. The standard InChI is InChI=1S/C15H11Cl3N4O4S/c1-8-20-9(6-25-8)7-26-15-14(19-5-12(17)21-15)22-27(23,24)11-4-2-3-10(16)13(11)18/h2-6H,7H2,1H3,(H,19,22). The second-order valence-corrected chi connectivity index (χ2v) is 7.97. The fourth-order valence-corrected chi connectivity index (χ4v) is 3.91. The van der Waals surface area contributed by atoms with Crippen LogP contribution in [0.3, 0.4) is 0 Å². The number of sulfonamides is 1. The smallest absolute Gasteiger partial charge is 0.264 e. The Bertz CT molecular complexity index is 1090. The summed E-state index contributed by atoms with van der Waals surface area (Å²) in [5.74, 6) is 0.155. The van der Waals surface area contributed by atoms with Crippen LogP contribution in [-0.2, 0) is 16.6 Å². The zero-order valence-electron chi connectivity index (χ0n) is 13.6. The average molecular weight is 450 g/mol. The van der Waals surface area contributed by atoms with Gasteiger partial charge in [0.15, 0.2) is 11.0 Å². The highest BCUT2D eigenvalue weighted by atomic mass is 35.5. The predicted octanol–water partition coefficient (Wildman–Crippen LogP) is 4.11. The Balaban J connectivity index is 1.89. The first-order valence-electron chi connectivity index (χ1n) is 7.29. The SMILES string of the molecule is Cc1nc(COc2nc(Cl)cnc2NS(=O)(=O)c2cccc(Cl)c2Cl)co1. The van der Waals surface area contributed by atoms with E-state index in [1.165, 1.54) is 30.7 Å². The highest BCUT2D eigenvalue weighted by Gasteiger charge is 2.23. The summed E-state index contributed by atoms with van der Waals surface area (Å²) in [4.78, 5) is 11.7. The molecule has 0 aliphatic rings. The summed E-state index contributed by atoms with van der Waals surface area (Å²) in [6, 6.07) is 4.23. The van der Waals surface area contributed by atoms with Gasteiger partial charge in [0.25, 0.3) is 15.9 Å². The van der Waals surface area contributed by atoms with Crippen molar-refractivity contribution in [1.82, 2.24) is 15.0 Å². The van der Waals surface area contributed by atoms with Crippen molar-refractivity contribution in [2.75, 3.05) is 4.72 Å². The van der Waals surface area contributed by atoms with Crippen LogP contribution in [0.5, 0.6) is 5.88 Å². The summed E-state index contributed by atoms with van der Waals surface area (Å²) in [6.07, 6.45) is 2.58. The van der Waals surface area contributed by atoms with E-state index in [0.29, 0.717) is 11.6 Å². The molecule has 2 heterocycles. The van der Waals surface area contributed by atoms with Crippen LogP contribution in [0.4, 0.5) is 5.82 Å². The molecule has 3 rings (SSSR count). The van der Waals surface area contributed by atoms with Crippen molar-refractivity contribution in [3.63, 3.8) is 0 Å². The third-order valence-electron chi connectivity index (χ3n) is 3.17. The van der Waals surface area contributed by atoms with Crippen molar-refractivity contribution in [2.24, 2.45) is 0 Å². The van der Waals surface area contributed by atoms with Gasteiger partial charge < -0.3 is 9.15 Å². The van der Waals surface area contributed by atoms with E-state index < -0.39 is 10.0 Å². The lowest BCUT2D eigenvalue weighted by Gasteiger charge is -2.12. The van der Waals surface area contributed by atoms with E-state index in [0.717, 1.165) is 0 Å². The first-order chi connectivity index (χ1) is 12.8. The maximum atomic E-state index is 12.7. The van der Waals surface area contributed by atoms with Crippen LogP contribution in [0.2, 0.25) is 15.2 Å². The number of hydrogen-bond donors (Lipinski definition) is 1. The third-order valence-corrected chi connectivity index (χ3v) is 5.67. The van der Waals surface area contributed by atoms with E-state index in [-0.39, 0.29) is 38.4 Å². The quantitative estimate of drug-likeness (QED) is 0.603. The Morgan fingerprint density at radius 3 is 2.70 bits per heavy atom. The zero-order valence-corrected chi connectivity index (χ0v) is 16.7. The van der Waals surface area contributed by atoms with E-state index in [1.807, 2.05) is 0 Å². The van der Waals surface area contributed by atoms with Gasteiger partial charge in [0.1, 0.15) is 23.5 Å². The number of nitrogens with one attached hydrogen (secondary N) is 1. The van der Waals surface area contributed by atoms with Crippen LogP contribution >= 0.6 is 34.8 Å². The Labute approximate surface area is 169 Å². The molecule has 3 aromatic rings. The zero-order chi connectivity index (χ0) is 19.6. The van der Waals surface area contributed by atoms with Crippen molar-refractivity contribution >= 4 is 50.6 Å². The van der Waals surface area contributed by atoms with Gasteiger partial charge in [0, 0.05) is 6.92 Å². The molecule has 1 N–H and O–H groups in total. The molecule has 12 heteroatoms. The maximum Gasteiger partial charge on any atom is 0.264 e. The van der Waals surface area contributed by atoms with E-state index in [4.69, 9.17) is 44.0 Å². The van der Waals surface area contributed by atoms with Crippen LogP contribution in [-0.4, -0.2) is 23.4 Å². The van der Waals surface area contributed by atoms with Gasteiger partial charge in [-0.3, -0.25) is 4.72 Å². The largest absolute Gasteiger partial charge is 0.468 e. The highest BCUT2D eigenvalue weighted by Crippen LogP contribution is 2.31. The van der Waals surface area contributed by atoms with Crippen LogP contribution in [0.15, 0.2) is 40.0 Å². The van der Waals surface area contributed by atoms with Gasteiger partial charge in [0.05, 0.1) is 16.2 Å². The molecule has 0 saturated heterocycles. The number of benzene rings is 1. The minimum atomic E-state index is -4.11. The average Bonchev–Trinajstić information content (AvgIpc) is 3.02. The number of hydrogen-bond acceptors (Lipinski definition) is 7. The van der Waals surface area contributed by atoms with Crippen LogP contribution in [0.1, 0.15) is 11.6 Å². The minimum Gasteiger partial charge on any atom is -0.468 e. The minimum absolute atomic E-state index is 0.0186. The molecule has 142 valence electrons. The van der Waals surface area contributed by atoms with Crippen molar-refractivity contribution in [2.45, 2.75) is 18.4 Å². The van der Waals surface area contributed by atoms with Crippen molar-refractivity contribution < 1.29 is 17.6 Å². The van der Waals surface area contributed by atoms with Gasteiger partial charge >= 0.3 is 0 Å². The second kappa shape index (κ2) is 7.89. The topological polar surface area (TPSA) is 107 Å². The lowest BCUT2D eigenvalue weighted by Crippen LogP contribution is -2.16. The van der Waals surface area contributed by atoms with Crippen LogP contribution < -0.4 is 9.46 Å². The Morgan fingerprint density at radius 1 is 1.22 bits per heavy atom. The molecule has 0 amide bonds. The Morgan fingerprint density at radius 2 is 2.00 bits per heavy atom. The Kier molecular flexibility index (Phi) is 5.75. The summed E-state index contributed by atoms with van der Waals surface area (Å²) in [6.45, 7) is 1.65. The number of anilines is 1. The number of rotatable bonds is 6. The summed E-state index contributed by atoms with van der Waals surface area (Å²) >= 11 is 17.7. The molecule has 0 radical (unpaired) electrons. The lowest BCUT2D eigenvalue weighted by atomic mass is 10.4. The first-order valence-corrected chi connectivity index (χ1v) is 9.91. The molecule has 1 aromatic carbocycles. The van der Waals surface area contributed by atoms with E-state index in [1.54, 1.807) is 6.92 Å². The van der Waals surface area contributed by atoms with E-state index in [2.05, 4.69) is 19.7 Å². The predicted molar refractivity (Wildman–Crippen MR) is 99.9 cm³/mol. The van der Waals surface area contributed by atoms with Crippen molar-refractivity contribution in [3.05, 3.63) is 57.4 Å². The van der Waals surface area contributed by atoms with Gasteiger partial charge in [-0.15, -0.1) is 0 Å². The molecular weight excluding hydrogens is 439 g/mol. The molecule has 0 saturated carbocycles. The van der Waals surface area contributed by atoms with Gasteiger partial charge in [-0.1, -0.05) is 40.9 Å². The summed E-state index contributed by atoms with van der Waals surface area (Å²) in [7, 11) is -4.11. The molecule has 27 heavy (non-hydrogen) atoms. The third kappa shape index (κ3) is 4.62. The summed E-state index contributed by atoms with van der Waals surface area (Å²) in [5, 5.41) is -0.00110. The number of ether oxygens (including phenoxy) is 1. The molecule has 0 bridgehead atoms. The van der Waals surface area contributed by atoms with Gasteiger partial charge in [0.2, 0.25) is 5.82 Å². The molecule has 0 unspecified atom stereocenters. The molecular formula is C15H11Cl3N4O4S. The molecule has 0 spiro atoms. The summed E-state index contributed by atoms with van der Waals surface area (Å²) < 4.78 is 38.1. The molecule has 0 aliphatic carbocycles. The molecule has 2 aromatic heterocycles. The van der Waals surface area contributed by atoms with Crippen molar-refractivity contribution in [3.8, 4) is 5.88 Å². The number of halogens is 3. The van der Waals surface area contributed by atoms with Crippen LogP contribution in [0, 0.1) is 6.92 Å². The number of nitrogens with zero attached hydrogens (tertiary/aromatic N) is 3. The Hall–Kier alpha value is -2.07. The molecule has 0 aliphatic heterocycles. The van der Waals surface area contributed by atoms with Crippen molar-refractivity contribution in [1.29, 1.82) is 0 Å². The first kappa shape index (κ1) is 19.7. The maximum absolute atomic E-state index is 12.7. The summed E-state index contributed by atoms with van der Waals surface area (Å²) in [5.41, 5.74) is 0.487. The van der Waals surface area contributed by atoms with Crippen LogP contribution in [0.25, 0.3) is 0 Å². The number of aryl methyl sites for hydroxylation is 1. The van der Waals surface area contributed by atoms with Gasteiger partial charge in [-0.05, 0) is 12.1 Å². The lowest BCUT2D eigenvalue weighted by molar-refractivity contribution is 0.289.